The standard InChI is InChI=1S/C23H27N3O3/c1-28-21-11-16-8-10-26(14-18(16)12-22(21)29-2)15-23(27)24-9-7-17-13-25-20-6-4-3-5-19(17)20/h3-6,11-13,25H,7-10,14-15H2,1-2H3,(H,24,27)/p+1. The summed E-state index contributed by atoms with van der Waals surface area (Å²) in [5, 5.41) is 4.31. The normalized spacial score (nSPS) is 15.7. The topological polar surface area (TPSA) is 67.8 Å². The average Bonchev–Trinajstić information content (AvgIpc) is 3.16. The molecule has 0 saturated carbocycles. The van der Waals surface area contributed by atoms with Crippen LogP contribution in [0, 0.1) is 0 Å². The van der Waals surface area contributed by atoms with E-state index in [0.717, 1.165) is 42.9 Å². The van der Waals surface area contributed by atoms with Crippen molar-refractivity contribution in [3.63, 3.8) is 0 Å². The number of carbonyl (C=O) groups is 1. The lowest BCUT2D eigenvalue weighted by molar-refractivity contribution is -0.908. The van der Waals surface area contributed by atoms with Crippen LogP contribution in [0.4, 0.5) is 0 Å². The Morgan fingerprint density at radius 2 is 1.90 bits per heavy atom. The van der Waals surface area contributed by atoms with Gasteiger partial charge < -0.3 is 24.7 Å². The molecular weight excluding hydrogens is 366 g/mol. The largest absolute Gasteiger partial charge is 0.493 e. The van der Waals surface area contributed by atoms with Crippen molar-refractivity contribution in [1.29, 1.82) is 0 Å². The van der Waals surface area contributed by atoms with Crippen LogP contribution in [0.3, 0.4) is 0 Å². The fourth-order valence-electron chi connectivity index (χ4n) is 4.15. The summed E-state index contributed by atoms with van der Waals surface area (Å²) < 4.78 is 10.8. The summed E-state index contributed by atoms with van der Waals surface area (Å²) >= 11 is 0. The zero-order valence-corrected chi connectivity index (χ0v) is 17.0. The molecule has 0 bridgehead atoms. The number of methoxy groups -OCH3 is 2. The highest BCUT2D eigenvalue weighted by molar-refractivity contribution is 5.83. The highest BCUT2D eigenvalue weighted by atomic mass is 16.5. The zero-order chi connectivity index (χ0) is 20.2. The van der Waals surface area contributed by atoms with E-state index in [1.807, 2.05) is 24.4 Å². The Bertz CT molecular complexity index is 1010. The highest BCUT2D eigenvalue weighted by Gasteiger charge is 2.23. The van der Waals surface area contributed by atoms with Crippen LogP contribution in [-0.4, -0.2) is 44.7 Å². The van der Waals surface area contributed by atoms with Gasteiger partial charge in [-0.05, 0) is 35.7 Å². The van der Waals surface area contributed by atoms with Gasteiger partial charge in [0.15, 0.2) is 18.0 Å². The van der Waals surface area contributed by atoms with Crippen molar-refractivity contribution in [3.8, 4) is 11.5 Å². The third-order valence-electron chi connectivity index (χ3n) is 5.70. The van der Waals surface area contributed by atoms with Gasteiger partial charge in [0, 0.05) is 35.6 Å². The molecule has 1 amide bonds. The Morgan fingerprint density at radius 1 is 1.14 bits per heavy atom. The molecule has 152 valence electrons. The van der Waals surface area contributed by atoms with Gasteiger partial charge in [-0.2, -0.15) is 0 Å². The first-order valence-electron chi connectivity index (χ1n) is 10.1. The third kappa shape index (κ3) is 4.22. The minimum Gasteiger partial charge on any atom is -0.493 e. The van der Waals surface area contributed by atoms with E-state index in [-0.39, 0.29) is 5.91 Å². The van der Waals surface area contributed by atoms with E-state index in [4.69, 9.17) is 9.47 Å². The maximum absolute atomic E-state index is 12.5. The number of hydrogen-bond acceptors (Lipinski definition) is 3. The summed E-state index contributed by atoms with van der Waals surface area (Å²) in [5.41, 5.74) is 4.89. The van der Waals surface area contributed by atoms with E-state index in [0.29, 0.717) is 13.1 Å². The minimum absolute atomic E-state index is 0.101. The summed E-state index contributed by atoms with van der Waals surface area (Å²) in [5.74, 6) is 1.61. The maximum atomic E-state index is 12.5. The Hall–Kier alpha value is -2.99. The van der Waals surface area contributed by atoms with Crippen molar-refractivity contribution >= 4 is 16.8 Å². The summed E-state index contributed by atoms with van der Waals surface area (Å²) in [6.45, 7) is 2.90. The van der Waals surface area contributed by atoms with E-state index >= 15 is 0 Å². The van der Waals surface area contributed by atoms with Gasteiger partial charge in [0.2, 0.25) is 0 Å². The van der Waals surface area contributed by atoms with Crippen molar-refractivity contribution in [2.75, 3.05) is 33.9 Å². The zero-order valence-electron chi connectivity index (χ0n) is 17.0. The van der Waals surface area contributed by atoms with Gasteiger partial charge in [-0.1, -0.05) is 18.2 Å². The number of benzene rings is 2. The van der Waals surface area contributed by atoms with Gasteiger partial charge in [0.25, 0.3) is 5.91 Å². The number of quaternary nitrogens is 1. The van der Waals surface area contributed by atoms with Gasteiger partial charge in [0.05, 0.1) is 20.8 Å². The second-order valence-corrected chi connectivity index (χ2v) is 7.54. The Labute approximate surface area is 170 Å². The molecule has 6 nitrogen and oxygen atoms in total. The minimum atomic E-state index is 0.101. The summed E-state index contributed by atoms with van der Waals surface area (Å²) in [4.78, 5) is 17.0. The number of nitrogens with one attached hydrogen (secondary N) is 3. The number of hydrogen-bond donors (Lipinski definition) is 3. The molecule has 3 N–H and O–H groups in total. The molecule has 3 aromatic rings. The van der Waals surface area contributed by atoms with Crippen LogP contribution in [-0.2, 0) is 24.2 Å². The van der Waals surface area contributed by atoms with Gasteiger partial charge in [-0.15, -0.1) is 0 Å². The Kier molecular flexibility index (Phi) is 5.71. The number of amides is 1. The molecule has 4 rings (SSSR count). The van der Waals surface area contributed by atoms with Crippen molar-refractivity contribution in [3.05, 3.63) is 59.3 Å². The maximum Gasteiger partial charge on any atom is 0.275 e. The molecule has 0 aliphatic carbocycles. The Balaban J connectivity index is 1.30. The smallest absolute Gasteiger partial charge is 0.275 e. The van der Waals surface area contributed by atoms with Crippen molar-refractivity contribution in [2.45, 2.75) is 19.4 Å². The first kappa shape index (κ1) is 19.3. The SMILES string of the molecule is COc1cc2c(cc1OC)C[NH+](CC(=O)NCCc1c[nH]c3ccccc13)CC2. The molecule has 29 heavy (non-hydrogen) atoms. The van der Waals surface area contributed by atoms with Crippen molar-refractivity contribution < 1.29 is 19.2 Å². The van der Waals surface area contributed by atoms with E-state index < -0.39 is 0 Å². The Morgan fingerprint density at radius 3 is 2.69 bits per heavy atom. The predicted octanol–water partition coefficient (Wildman–Crippen LogP) is 1.49. The molecule has 0 spiro atoms. The predicted molar refractivity (Wildman–Crippen MR) is 113 cm³/mol. The highest BCUT2D eigenvalue weighted by Crippen LogP contribution is 2.31. The third-order valence-corrected chi connectivity index (χ3v) is 5.70. The first-order chi connectivity index (χ1) is 14.2. The number of aromatic amines is 1. The van der Waals surface area contributed by atoms with E-state index in [1.54, 1.807) is 14.2 Å². The van der Waals surface area contributed by atoms with Gasteiger partial charge in [0.1, 0.15) is 6.54 Å². The number of carbonyl (C=O) groups excluding carboxylic acids is 1. The fraction of sp³-hybridized carbons (Fsp3) is 0.348. The molecule has 0 radical (unpaired) electrons. The molecule has 6 heteroatoms. The number of ether oxygens (including phenoxy) is 2. The lowest BCUT2D eigenvalue weighted by atomic mass is 9.99. The van der Waals surface area contributed by atoms with Crippen LogP contribution < -0.4 is 19.7 Å². The molecule has 1 aliphatic heterocycles. The molecule has 0 saturated heterocycles. The van der Waals surface area contributed by atoms with Crippen LogP contribution in [0.2, 0.25) is 0 Å². The second-order valence-electron chi connectivity index (χ2n) is 7.54. The van der Waals surface area contributed by atoms with Crippen molar-refractivity contribution in [1.82, 2.24) is 10.3 Å². The number of fused-ring (bicyclic) bond motifs is 2. The average molecular weight is 394 g/mol. The van der Waals surface area contributed by atoms with Crippen molar-refractivity contribution in [2.24, 2.45) is 0 Å². The number of rotatable bonds is 7. The summed E-state index contributed by atoms with van der Waals surface area (Å²) in [6.07, 6.45) is 3.80. The summed E-state index contributed by atoms with van der Waals surface area (Å²) in [7, 11) is 3.31. The molecular formula is C23H28N3O3+. The van der Waals surface area contributed by atoms with Crippen LogP contribution in [0.1, 0.15) is 16.7 Å². The second kappa shape index (κ2) is 8.57. The quantitative estimate of drug-likeness (QED) is 0.569. The molecule has 0 fully saturated rings. The number of H-pyrrole nitrogens is 1. The molecule has 2 heterocycles. The number of para-hydroxylation sites is 1. The lowest BCUT2D eigenvalue weighted by Gasteiger charge is -2.26. The van der Waals surface area contributed by atoms with Gasteiger partial charge in [-0.3, -0.25) is 4.79 Å². The lowest BCUT2D eigenvalue weighted by Crippen LogP contribution is -3.12. The summed E-state index contributed by atoms with van der Waals surface area (Å²) in [6, 6.07) is 12.4. The monoisotopic (exact) mass is 394 g/mol. The molecule has 1 unspecified atom stereocenters. The van der Waals surface area contributed by atoms with Crippen LogP contribution >= 0.6 is 0 Å². The molecule has 2 aromatic carbocycles. The van der Waals surface area contributed by atoms with E-state index in [2.05, 4.69) is 28.5 Å². The first-order valence-corrected chi connectivity index (χ1v) is 10.1. The molecule has 1 aromatic heterocycles. The van der Waals surface area contributed by atoms with Crippen LogP contribution in [0.5, 0.6) is 11.5 Å². The van der Waals surface area contributed by atoms with Gasteiger partial charge >= 0.3 is 0 Å². The fourth-order valence-corrected chi connectivity index (χ4v) is 4.15. The molecule has 1 aliphatic rings. The number of aromatic nitrogens is 1. The molecule has 1 atom stereocenters. The van der Waals surface area contributed by atoms with E-state index in [1.165, 1.54) is 27.0 Å². The van der Waals surface area contributed by atoms with E-state index in [9.17, 15) is 4.79 Å². The van der Waals surface area contributed by atoms with Gasteiger partial charge in [-0.25, -0.2) is 0 Å². The van der Waals surface area contributed by atoms with Crippen LogP contribution in [0.25, 0.3) is 10.9 Å². The van der Waals surface area contributed by atoms with Crippen LogP contribution in [0.15, 0.2) is 42.6 Å².